The number of thioether (sulfide) groups is 1. The lowest BCUT2D eigenvalue weighted by atomic mass is 10.1. The van der Waals surface area contributed by atoms with Crippen LogP contribution >= 0.6 is 11.8 Å². The summed E-state index contributed by atoms with van der Waals surface area (Å²) in [5.74, 6) is -0.953. The molecule has 0 bridgehead atoms. The number of benzene rings is 4. The maximum Gasteiger partial charge on any atom is 0.272 e. The van der Waals surface area contributed by atoms with Crippen molar-refractivity contribution >= 4 is 46.9 Å². The van der Waals surface area contributed by atoms with Gasteiger partial charge in [0.1, 0.15) is 5.70 Å². The molecule has 0 fully saturated rings. The molecule has 0 heterocycles. The van der Waals surface area contributed by atoms with Gasteiger partial charge in [-0.3, -0.25) is 14.4 Å². The normalized spacial score (nSPS) is 11.8. The Bertz CT molecular complexity index is 1550. The summed E-state index contributed by atoms with van der Waals surface area (Å²) in [6, 6.07) is 31.3. The fraction of sp³-hybridized carbons (Fsp3) is 0.121. The molecule has 4 rings (SSSR count). The average molecular weight is 550 g/mol. The summed E-state index contributed by atoms with van der Waals surface area (Å²) in [4.78, 5) is 39.9. The summed E-state index contributed by atoms with van der Waals surface area (Å²) < 4.78 is 0. The van der Waals surface area contributed by atoms with Crippen LogP contribution in [0.5, 0.6) is 0 Å². The highest BCUT2D eigenvalue weighted by atomic mass is 32.2. The Morgan fingerprint density at radius 3 is 2.15 bits per heavy atom. The van der Waals surface area contributed by atoms with E-state index in [0.29, 0.717) is 11.3 Å². The molecule has 0 aliphatic rings. The molecule has 3 amide bonds. The van der Waals surface area contributed by atoms with Gasteiger partial charge in [0.25, 0.3) is 11.8 Å². The number of hydrogen-bond acceptors (Lipinski definition) is 4. The zero-order valence-corrected chi connectivity index (χ0v) is 23.4. The highest BCUT2D eigenvalue weighted by Crippen LogP contribution is 2.27. The van der Waals surface area contributed by atoms with Crippen LogP contribution in [0.2, 0.25) is 0 Å². The van der Waals surface area contributed by atoms with E-state index in [9.17, 15) is 14.4 Å². The van der Waals surface area contributed by atoms with Crippen molar-refractivity contribution < 1.29 is 14.4 Å². The first kappa shape index (κ1) is 28.4. The van der Waals surface area contributed by atoms with E-state index in [0.717, 1.165) is 27.3 Å². The number of anilines is 2. The van der Waals surface area contributed by atoms with Crippen LogP contribution in [0.1, 0.15) is 34.0 Å². The minimum atomic E-state index is -0.458. The van der Waals surface area contributed by atoms with E-state index in [2.05, 4.69) is 16.0 Å². The Hall–Kier alpha value is -4.62. The molecule has 6 nitrogen and oxygen atoms in total. The van der Waals surface area contributed by atoms with Gasteiger partial charge in [-0.1, -0.05) is 60.7 Å². The molecule has 0 saturated heterocycles. The second-order valence-electron chi connectivity index (χ2n) is 9.34. The third-order valence-corrected chi connectivity index (χ3v) is 7.17. The van der Waals surface area contributed by atoms with Crippen molar-refractivity contribution in [1.29, 1.82) is 0 Å². The molecule has 0 spiro atoms. The van der Waals surface area contributed by atoms with E-state index in [-0.39, 0.29) is 22.8 Å². The molecule has 4 aromatic rings. The van der Waals surface area contributed by atoms with Crippen molar-refractivity contribution in [1.82, 2.24) is 5.32 Å². The lowest BCUT2D eigenvalue weighted by Gasteiger charge is -2.14. The molecule has 40 heavy (non-hydrogen) atoms. The number of carbonyl (C=O) groups is 3. The van der Waals surface area contributed by atoms with Crippen LogP contribution in [0, 0.1) is 13.8 Å². The maximum absolute atomic E-state index is 13.4. The highest BCUT2D eigenvalue weighted by molar-refractivity contribution is 8.00. The SMILES string of the molecule is Cc1cccc(NC(=O)C(C)Sc2cccc(NC(=O)/C(=C/c3ccccc3C)NC(=O)c3ccccc3)c2)c1. The molecule has 0 aliphatic carbocycles. The van der Waals surface area contributed by atoms with Gasteiger partial charge in [0.05, 0.1) is 5.25 Å². The summed E-state index contributed by atoms with van der Waals surface area (Å²) in [6.07, 6.45) is 1.67. The molecule has 202 valence electrons. The quantitative estimate of drug-likeness (QED) is 0.158. The van der Waals surface area contributed by atoms with E-state index in [1.165, 1.54) is 11.8 Å². The molecule has 0 aromatic heterocycles. The van der Waals surface area contributed by atoms with Crippen LogP contribution in [0.4, 0.5) is 11.4 Å². The molecule has 3 N–H and O–H groups in total. The van der Waals surface area contributed by atoms with E-state index in [4.69, 9.17) is 0 Å². The van der Waals surface area contributed by atoms with Crippen LogP contribution in [-0.4, -0.2) is 23.0 Å². The number of amides is 3. The van der Waals surface area contributed by atoms with Gasteiger partial charge in [0.15, 0.2) is 0 Å². The Balaban J connectivity index is 1.48. The Morgan fingerprint density at radius 2 is 1.43 bits per heavy atom. The first-order chi connectivity index (χ1) is 19.3. The van der Waals surface area contributed by atoms with Gasteiger partial charge in [-0.15, -0.1) is 11.8 Å². The third-order valence-electron chi connectivity index (χ3n) is 6.08. The summed E-state index contributed by atoms with van der Waals surface area (Å²) >= 11 is 1.39. The summed E-state index contributed by atoms with van der Waals surface area (Å²) in [5.41, 5.74) is 4.72. The van der Waals surface area contributed by atoms with Crippen LogP contribution in [0.15, 0.2) is 114 Å². The van der Waals surface area contributed by atoms with Crippen molar-refractivity contribution in [3.05, 3.63) is 131 Å². The molecule has 0 aliphatic heterocycles. The smallest absolute Gasteiger partial charge is 0.272 e. The van der Waals surface area contributed by atoms with E-state index < -0.39 is 5.91 Å². The summed E-state index contributed by atoms with van der Waals surface area (Å²) in [5, 5.41) is 8.24. The number of hydrogen-bond donors (Lipinski definition) is 3. The maximum atomic E-state index is 13.4. The minimum absolute atomic E-state index is 0.114. The first-order valence-electron chi connectivity index (χ1n) is 12.9. The van der Waals surface area contributed by atoms with Gasteiger partial charge in [0, 0.05) is 21.8 Å². The number of rotatable bonds is 9. The topological polar surface area (TPSA) is 87.3 Å². The standard InChI is InChI=1S/C33H31N3O3S/c1-22-11-9-16-27(19-22)34-31(37)24(3)40-29-18-10-17-28(21-29)35-33(39)30(20-26-15-8-7-12-23(26)2)36-32(38)25-13-5-4-6-14-25/h4-21,24H,1-3H3,(H,34,37)(H,35,39)(H,36,38)/b30-20-. The molecular weight excluding hydrogens is 518 g/mol. The van der Waals surface area contributed by atoms with Gasteiger partial charge >= 0.3 is 0 Å². The minimum Gasteiger partial charge on any atom is -0.325 e. The average Bonchev–Trinajstić information content (AvgIpc) is 2.94. The lowest BCUT2D eigenvalue weighted by molar-refractivity contribution is -0.115. The van der Waals surface area contributed by atoms with Gasteiger partial charge in [-0.25, -0.2) is 0 Å². The van der Waals surface area contributed by atoms with Gasteiger partial charge in [-0.2, -0.15) is 0 Å². The van der Waals surface area contributed by atoms with Crippen LogP contribution < -0.4 is 16.0 Å². The second kappa shape index (κ2) is 13.4. The second-order valence-corrected chi connectivity index (χ2v) is 10.7. The molecule has 0 radical (unpaired) electrons. The third kappa shape index (κ3) is 7.94. The fourth-order valence-corrected chi connectivity index (χ4v) is 4.84. The van der Waals surface area contributed by atoms with Gasteiger partial charge in [-0.05, 0) is 86.0 Å². The van der Waals surface area contributed by atoms with Crippen molar-refractivity contribution in [3.8, 4) is 0 Å². The molecular formula is C33H31N3O3S. The Kier molecular flexibility index (Phi) is 9.54. The van der Waals surface area contributed by atoms with E-state index in [1.807, 2.05) is 93.6 Å². The molecule has 7 heteroatoms. The zero-order valence-electron chi connectivity index (χ0n) is 22.6. The number of nitrogens with one attached hydrogen (secondary N) is 3. The van der Waals surface area contributed by atoms with E-state index in [1.54, 1.807) is 36.4 Å². The van der Waals surface area contributed by atoms with Crippen molar-refractivity contribution in [2.24, 2.45) is 0 Å². The van der Waals surface area contributed by atoms with Crippen LogP contribution in [0.25, 0.3) is 6.08 Å². The summed E-state index contributed by atoms with van der Waals surface area (Å²) in [7, 11) is 0. The highest BCUT2D eigenvalue weighted by Gasteiger charge is 2.17. The Labute approximate surface area is 238 Å². The van der Waals surface area contributed by atoms with Crippen molar-refractivity contribution in [2.75, 3.05) is 10.6 Å². The lowest BCUT2D eigenvalue weighted by Crippen LogP contribution is -2.30. The fourth-order valence-electron chi connectivity index (χ4n) is 3.92. The van der Waals surface area contributed by atoms with Gasteiger partial charge < -0.3 is 16.0 Å². The van der Waals surface area contributed by atoms with Crippen LogP contribution in [-0.2, 0) is 9.59 Å². The molecule has 0 saturated carbocycles. The molecule has 4 aromatic carbocycles. The first-order valence-corrected chi connectivity index (χ1v) is 13.8. The van der Waals surface area contributed by atoms with Crippen LogP contribution in [0.3, 0.4) is 0 Å². The number of aryl methyl sites for hydroxylation is 2. The van der Waals surface area contributed by atoms with Gasteiger partial charge in [0.2, 0.25) is 5.91 Å². The predicted molar refractivity (Wildman–Crippen MR) is 163 cm³/mol. The molecule has 1 unspecified atom stereocenters. The zero-order chi connectivity index (χ0) is 28.5. The molecule has 1 atom stereocenters. The Morgan fingerprint density at radius 1 is 0.750 bits per heavy atom. The van der Waals surface area contributed by atoms with Crippen molar-refractivity contribution in [3.63, 3.8) is 0 Å². The monoisotopic (exact) mass is 549 g/mol. The largest absolute Gasteiger partial charge is 0.325 e. The number of carbonyl (C=O) groups excluding carboxylic acids is 3. The summed E-state index contributed by atoms with van der Waals surface area (Å²) in [6.45, 7) is 5.75. The predicted octanol–water partition coefficient (Wildman–Crippen LogP) is 6.83. The van der Waals surface area contributed by atoms with E-state index >= 15 is 0 Å². The van der Waals surface area contributed by atoms with Crippen molar-refractivity contribution in [2.45, 2.75) is 30.9 Å².